The molecular formula is C25H35N5O2S. The highest BCUT2D eigenvalue weighted by Gasteiger charge is 2.34. The Balaban J connectivity index is 1.29. The Morgan fingerprint density at radius 1 is 1.09 bits per heavy atom. The molecule has 1 aromatic carbocycles. The lowest BCUT2D eigenvalue weighted by Crippen LogP contribution is -2.52. The second-order valence-electron chi connectivity index (χ2n) is 9.34. The van der Waals surface area contributed by atoms with Crippen molar-refractivity contribution in [1.82, 2.24) is 19.6 Å². The van der Waals surface area contributed by atoms with Crippen molar-refractivity contribution in [2.75, 3.05) is 55.7 Å². The summed E-state index contributed by atoms with van der Waals surface area (Å²) in [6.45, 7) is 8.76. The van der Waals surface area contributed by atoms with Crippen molar-refractivity contribution in [1.29, 1.82) is 0 Å². The highest BCUT2D eigenvalue weighted by molar-refractivity contribution is 7.99. The number of amides is 1. The van der Waals surface area contributed by atoms with Crippen LogP contribution in [0.2, 0.25) is 0 Å². The molecule has 0 saturated carbocycles. The molecule has 1 aliphatic carbocycles. The molecular weight excluding hydrogens is 434 g/mol. The molecule has 0 spiro atoms. The van der Waals surface area contributed by atoms with Gasteiger partial charge in [-0.2, -0.15) is 16.9 Å². The fraction of sp³-hybridized carbons (Fsp3) is 0.600. The van der Waals surface area contributed by atoms with Gasteiger partial charge in [0.25, 0.3) is 5.91 Å². The van der Waals surface area contributed by atoms with E-state index in [2.05, 4.69) is 21.4 Å². The number of aryl methyl sites for hydroxylation is 1. The number of benzene rings is 1. The molecule has 2 aliphatic heterocycles. The first-order chi connectivity index (χ1) is 16.1. The molecule has 5 rings (SSSR count). The average molecular weight is 470 g/mol. The van der Waals surface area contributed by atoms with Crippen molar-refractivity contribution < 1.29 is 9.90 Å². The van der Waals surface area contributed by atoms with Crippen LogP contribution >= 0.6 is 11.8 Å². The Bertz CT molecular complexity index is 962. The van der Waals surface area contributed by atoms with E-state index in [9.17, 15) is 9.90 Å². The molecule has 2 aromatic rings. The summed E-state index contributed by atoms with van der Waals surface area (Å²) < 4.78 is 2.13. The van der Waals surface area contributed by atoms with Crippen LogP contribution in [0.1, 0.15) is 41.5 Å². The van der Waals surface area contributed by atoms with Gasteiger partial charge < -0.3 is 14.9 Å². The van der Waals surface area contributed by atoms with Gasteiger partial charge in [-0.3, -0.25) is 14.4 Å². The first-order valence-electron chi connectivity index (χ1n) is 12.4. The summed E-state index contributed by atoms with van der Waals surface area (Å²) in [6.07, 6.45) is 4.11. The van der Waals surface area contributed by atoms with Crippen LogP contribution < -0.4 is 4.90 Å². The zero-order valence-corrected chi connectivity index (χ0v) is 20.4. The Morgan fingerprint density at radius 3 is 2.52 bits per heavy atom. The van der Waals surface area contributed by atoms with Crippen LogP contribution in [0.15, 0.2) is 24.3 Å². The lowest BCUT2D eigenvalue weighted by atomic mass is 9.89. The van der Waals surface area contributed by atoms with Crippen molar-refractivity contribution in [3.05, 3.63) is 41.2 Å². The highest BCUT2D eigenvalue weighted by Crippen LogP contribution is 2.30. The predicted molar refractivity (Wildman–Crippen MR) is 133 cm³/mol. The number of hydrogen-bond donors (Lipinski definition) is 1. The summed E-state index contributed by atoms with van der Waals surface area (Å²) in [4.78, 5) is 20.4. The smallest absolute Gasteiger partial charge is 0.274 e. The summed E-state index contributed by atoms with van der Waals surface area (Å²) in [7, 11) is 0. The monoisotopic (exact) mass is 469 g/mol. The molecule has 2 fully saturated rings. The quantitative estimate of drug-likeness (QED) is 0.727. The minimum absolute atomic E-state index is 0.138. The van der Waals surface area contributed by atoms with Crippen molar-refractivity contribution in [2.24, 2.45) is 0 Å². The van der Waals surface area contributed by atoms with E-state index < -0.39 is 0 Å². The minimum atomic E-state index is 0.138. The standard InChI is InChI=1S/C25H35N5O2S/c1-2-9-30-23-8-5-20(18-22(23)24(26-30)25(32)29-14-16-33-17-15-29)28-12-10-27(11-13-28)19-3-6-21(31)7-4-19/h3-4,6-7,20,31H,2,5,8-18H2,1H3. The van der Waals surface area contributed by atoms with Gasteiger partial charge >= 0.3 is 0 Å². The van der Waals surface area contributed by atoms with E-state index in [1.807, 2.05) is 28.8 Å². The second-order valence-corrected chi connectivity index (χ2v) is 10.6. The molecule has 1 atom stereocenters. The lowest BCUT2D eigenvalue weighted by Gasteiger charge is -2.41. The number of rotatable bonds is 5. The van der Waals surface area contributed by atoms with E-state index in [4.69, 9.17) is 5.10 Å². The van der Waals surface area contributed by atoms with Gasteiger partial charge in [-0.25, -0.2) is 0 Å². The van der Waals surface area contributed by atoms with Crippen LogP contribution in [0.25, 0.3) is 0 Å². The summed E-state index contributed by atoms with van der Waals surface area (Å²) in [5.41, 5.74) is 4.40. The lowest BCUT2D eigenvalue weighted by molar-refractivity contribution is 0.0763. The van der Waals surface area contributed by atoms with Gasteiger partial charge in [0.05, 0.1) is 0 Å². The molecule has 178 valence electrons. The van der Waals surface area contributed by atoms with Crippen LogP contribution in [0.4, 0.5) is 5.69 Å². The summed E-state index contributed by atoms with van der Waals surface area (Å²) in [5.74, 6) is 2.50. The van der Waals surface area contributed by atoms with E-state index in [1.165, 1.54) is 16.9 Å². The number of carbonyl (C=O) groups is 1. The molecule has 0 radical (unpaired) electrons. The molecule has 7 nitrogen and oxygen atoms in total. The van der Waals surface area contributed by atoms with E-state index >= 15 is 0 Å². The number of nitrogens with zero attached hydrogens (tertiary/aromatic N) is 5. The Hall–Kier alpha value is -2.19. The van der Waals surface area contributed by atoms with Gasteiger partial charge in [0, 0.05) is 80.3 Å². The van der Waals surface area contributed by atoms with Gasteiger partial charge in [0.2, 0.25) is 0 Å². The number of anilines is 1. The Labute approximate surface area is 200 Å². The fourth-order valence-corrected chi connectivity index (χ4v) is 6.38. The SMILES string of the molecule is CCCn1nc(C(=O)N2CCSCC2)c2c1CCC(N1CCN(c3ccc(O)cc3)CC1)C2. The molecule has 2 saturated heterocycles. The number of phenolic OH excluding ortho intramolecular Hbond substituents is 1. The first kappa shape index (κ1) is 22.6. The summed E-state index contributed by atoms with van der Waals surface area (Å²) >= 11 is 1.93. The molecule has 8 heteroatoms. The van der Waals surface area contributed by atoms with E-state index in [1.54, 1.807) is 12.1 Å². The average Bonchev–Trinajstić information content (AvgIpc) is 3.22. The highest BCUT2D eigenvalue weighted by atomic mass is 32.2. The zero-order chi connectivity index (χ0) is 22.8. The van der Waals surface area contributed by atoms with Crippen LogP contribution in [-0.4, -0.2) is 87.4 Å². The van der Waals surface area contributed by atoms with Crippen molar-refractivity contribution in [3.8, 4) is 5.75 Å². The Kier molecular flexibility index (Phi) is 6.83. The third kappa shape index (κ3) is 4.73. The van der Waals surface area contributed by atoms with Crippen molar-refractivity contribution in [3.63, 3.8) is 0 Å². The number of fused-ring (bicyclic) bond motifs is 1. The summed E-state index contributed by atoms with van der Waals surface area (Å²) in [6, 6.07) is 7.99. The van der Waals surface area contributed by atoms with Crippen molar-refractivity contribution in [2.45, 2.75) is 45.2 Å². The van der Waals surface area contributed by atoms with Gasteiger partial charge in [-0.15, -0.1) is 0 Å². The number of aromatic hydroxyl groups is 1. The zero-order valence-electron chi connectivity index (χ0n) is 19.6. The predicted octanol–water partition coefficient (Wildman–Crippen LogP) is 2.87. The number of carbonyl (C=O) groups excluding carboxylic acids is 1. The Morgan fingerprint density at radius 2 is 1.82 bits per heavy atom. The normalized spacial score (nSPS) is 21.8. The van der Waals surface area contributed by atoms with Crippen LogP contribution in [0, 0.1) is 0 Å². The van der Waals surface area contributed by atoms with E-state index in [0.29, 0.717) is 11.8 Å². The fourth-order valence-electron chi connectivity index (χ4n) is 5.47. The molecule has 3 heterocycles. The van der Waals surface area contributed by atoms with Gasteiger partial charge in [-0.1, -0.05) is 6.92 Å². The van der Waals surface area contributed by atoms with Gasteiger partial charge in [0.1, 0.15) is 5.75 Å². The maximum absolute atomic E-state index is 13.4. The largest absolute Gasteiger partial charge is 0.508 e. The number of hydrogen-bond acceptors (Lipinski definition) is 6. The molecule has 3 aliphatic rings. The molecule has 0 bridgehead atoms. The molecule has 33 heavy (non-hydrogen) atoms. The molecule has 1 unspecified atom stereocenters. The third-order valence-corrected chi connectivity index (χ3v) is 8.24. The van der Waals surface area contributed by atoms with Crippen LogP contribution in [0.3, 0.4) is 0 Å². The summed E-state index contributed by atoms with van der Waals surface area (Å²) in [5, 5.41) is 14.4. The molecule has 1 amide bonds. The topological polar surface area (TPSA) is 64.8 Å². The maximum atomic E-state index is 13.4. The third-order valence-electron chi connectivity index (χ3n) is 7.30. The second kappa shape index (κ2) is 9.97. The molecule has 1 N–H and O–H groups in total. The number of aromatic nitrogens is 2. The number of phenols is 1. The van der Waals surface area contributed by atoms with Gasteiger partial charge in [-0.05, 0) is 49.9 Å². The first-order valence-corrected chi connectivity index (χ1v) is 13.5. The minimum Gasteiger partial charge on any atom is -0.508 e. The molecule has 1 aromatic heterocycles. The van der Waals surface area contributed by atoms with E-state index in [0.717, 1.165) is 88.7 Å². The van der Waals surface area contributed by atoms with Crippen molar-refractivity contribution >= 4 is 23.4 Å². The maximum Gasteiger partial charge on any atom is 0.274 e. The van der Waals surface area contributed by atoms with Gasteiger partial charge in [0.15, 0.2) is 5.69 Å². The number of piperazine rings is 1. The van der Waals surface area contributed by atoms with Crippen LogP contribution in [-0.2, 0) is 19.4 Å². The number of thioether (sulfide) groups is 1. The van der Waals surface area contributed by atoms with Crippen LogP contribution in [0.5, 0.6) is 5.75 Å². The van der Waals surface area contributed by atoms with E-state index in [-0.39, 0.29) is 5.91 Å².